The summed E-state index contributed by atoms with van der Waals surface area (Å²) in [7, 11) is -3.89. The Balaban J connectivity index is 1.87. The third kappa shape index (κ3) is 4.28. The molecular weight excluding hydrogens is 418 g/mol. The molecule has 2 N–H and O–H groups in total. The van der Waals surface area contributed by atoms with Crippen LogP contribution in [0.25, 0.3) is 0 Å². The van der Waals surface area contributed by atoms with Crippen molar-refractivity contribution < 1.29 is 22.4 Å². The fourth-order valence-corrected chi connectivity index (χ4v) is 6.43. The summed E-state index contributed by atoms with van der Waals surface area (Å²) in [5.74, 6) is -0.613. The molecule has 1 atom stereocenters. The molecule has 0 spiro atoms. The van der Waals surface area contributed by atoms with Crippen LogP contribution >= 0.6 is 0 Å². The second-order valence-corrected chi connectivity index (χ2v) is 10.4. The first-order chi connectivity index (χ1) is 14.4. The van der Waals surface area contributed by atoms with Gasteiger partial charge in [0.15, 0.2) is 5.76 Å². The predicted molar refractivity (Wildman–Crippen MR) is 117 cm³/mol. The van der Waals surface area contributed by atoms with Crippen LogP contribution in [0.15, 0.2) is 64.6 Å². The number of sulfonamides is 1. The van der Waals surface area contributed by atoms with E-state index in [2.05, 4.69) is 17.2 Å². The molecule has 166 valence electrons. The maximum absolute atomic E-state index is 13.6. The van der Waals surface area contributed by atoms with E-state index in [-0.39, 0.29) is 22.6 Å². The standard InChI is InChI=1S/C22H27N3O5S/c1-6-19(26)24-18-14-21(2,3)25(22(18,4)5)31(28,29)16-11-9-15(10-12-16)23-20(27)17-8-7-13-30-17/h6-13,18H,1,14H2,2-5H3,(H,23,27)(H,24,26). The van der Waals surface area contributed by atoms with Gasteiger partial charge in [-0.15, -0.1) is 0 Å². The van der Waals surface area contributed by atoms with Crippen molar-refractivity contribution in [2.75, 3.05) is 5.32 Å². The highest BCUT2D eigenvalue weighted by Gasteiger charge is 2.57. The molecule has 0 saturated carbocycles. The average Bonchev–Trinajstić information content (AvgIpc) is 3.27. The maximum atomic E-state index is 13.6. The lowest BCUT2D eigenvalue weighted by Crippen LogP contribution is -2.56. The molecule has 1 aromatic heterocycles. The zero-order chi connectivity index (χ0) is 23.0. The molecule has 0 bridgehead atoms. The summed E-state index contributed by atoms with van der Waals surface area (Å²) in [6, 6.07) is 8.72. The summed E-state index contributed by atoms with van der Waals surface area (Å²) in [6.07, 6.45) is 3.03. The lowest BCUT2D eigenvalue weighted by Gasteiger charge is -2.40. The van der Waals surface area contributed by atoms with Crippen molar-refractivity contribution in [1.29, 1.82) is 0 Å². The molecule has 2 heterocycles. The largest absolute Gasteiger partial charge is 0.459 e. The van der Waals surface area contributed by atoms with Gasteiger partial charge in [-0.1, -0.05) is 6.58 Å². The van der Waals surface area contributed by atoms with Gasteiger partial charge in [-0.3, -0.25) is 9.59 Å². The molecule has 1 aromatic carbocycles. The molecule has 1 aliphatic rings. The van der Waals surface area contributed by atoms with Crippen molar-refractivity contribution in [3.63, 3.8) is 0 Å². The Hall–Kier alpha value is -2.91. The first-order valence-corrected chi connectivity index (χ1v) is 11.3. The predicted octanol–water partition coefficient (Wildman–Crippen LogP) is 3.15. The number of furan rings is 1. The van der Waals surface area contributed by atoms with Gasteiger partial charge in [0.05, 0.1) is 16.7 Å². The molecule has 2 amide bonds. The van der Waals surface area contributed by atoms with Crippen LogP contribution in [-0.2, 0) is 14.8 Å². The van der Waals surface area contributed by atoms with Crippen LogP contribution in [0.2, 0.25) is 0 Å². The summed E-state index contributed by atoms with van der Waals surface area (Å²) >= 11 is 0. The summed E-state index contributed by atoms with van der Waals surface area (Å²) in [5.41, 5.74) is -1.16. The highest BCUT2D eigenvalue weighted by atomic mass is 32.2. The first kappa shape index (κ1) is 22.8. The smallest absolute Gasteiger partial charge is 0.291 e. The molecule has 0 radical (unpaired) electrons. The highest BCUT2D eigenvalue weighted by molar-refractivity contribution is 7.89. The molecule has 1 saturated heterocycles. The zero-order valence-electron chi connectivity index (χ0n) is 18.0. The van der Waals surface area contributed by atoms with E-state index in [9.17, 15) is 18.0 Å². The molecule has 31 heavy (non-hydrogen) atoms. The zero-order valence-corrected chi connectivity index (χ0v) is 18.8. The summed E-state index contributed by atoms with van der Waals surface area (Å²) in [4.78, 5) is 24.1. The molecular formula is C22H27N3O5S. The van der Waals surface area contributed by atoms with E-state index in [1.165, 1.54) is 47.0 Å². The number of carbonyl (C=O) groups excluding carboxylic acids is 2. The van der Waals surface area contributed by atoms with Gasteiger partial charge in [0, 0.05) is 17.3 Å². The van der Waals surface area contributed by atoms with Crippen molar-refractivity contribution in [2.24, 2.45) is 0 Å². The van der Waals surface area contributed by atoms with Gasteiger partial charge in [-0.25, -0.2) is 8.42 Å². The van der Waals surface area contributed by atoms with Crippen molar-refractivity contribution >= 4 is 27.5 Å². The average molecular weight is 446 g/mol. The van der Waals surface area contributed by atoms with Crippen LogP contribution in [0.1, 0.15) is 44.7 Å². The number of rotatable bonds is 6. The quantitative estimate of drug-likeness (QED) is 0.664. The molecule has 1 unspecified atom stereocenters. The van der Waals surface area contributed by atoms with Crippen LogP contribution in [0, 0.1) is 0 Å². The van der Waals surface area contributed by atoms with Crippen LogP contribution in [0.5, 0.6) is 0 Å². The number of hydrogen-bond acceptors (Lipinski definition) is 5. The Labute approximate surface area is 182 Å². The second kappa shape index (κ2) is 7.97. The van der Waals surface area contributed by atoms with Crippen LogP contribution in [0.4, 0.5) is 5.69 Å². The van der Waals surface area contributed by atoms with Gasteiger partial charge < -0.3 is 15.1 Å². The van der Waals surface area contributed by atoms with Gasteiger partial charge >= 0.3 is 0 Å². The number of amides is 2. The molecule has 8 nitrogen and oxygen atoms in total. The number of nitrogens with zero attached hydrogens (tertiary/aromatic N) is 1. The lowest BCUT2D eigenvalue weighted by molar-refractivity contribution is -0.117. The SMILES string of the molecule is C=CC(=O)NC1CC(C)(C)N(S(=O)(=O)c2ccc(NC(=O)c3ccco3)cc2)C1(C)C. The summed E-state index contributed by atoms with van der Waals surface area (Å²) in [6.45, 7) is 10.7. The lowest BCUT2D eigenvalue weighted by atomic mass is 9.94. The maximum Gasteiger partial charge on any atom is 0.291 e. The van der Waals surface area contributed by atoms with Crippen LogP contribution in [0.3, 0.4) is 0 Å². The van der Waals surface area contributed by atoms with E-state index in [0.717, 1.165) is 0 Å². The Morgan fingerprint density at radius 3 is 2.35 bits per heavy atom. The van der Waals surface area contributed by atoms with Gasteiger partial charge in [0.25, 0.3) is 5.91 Å². The Bertz CT molecular complexity index is 1090. The van der Waals surface area contributed by atoms with Crippen LogP contribution in [-0.4, -0.2) is 41.7 Å². The van der Waals surface area contributed by atoms with Crippen molar-refractivity contribution in [1.82, 2.24) is 9.62 Å². The molecule has 9 heteroatoms. The molecule has 2 aromatic rings. The van der Waals surface area contributed by atoms with Crippen molar-refractivity contribution in [3.05, 3.63) is 61.1 Å². The van der Waals surface area contributed by atoms with E-state index in [1.807, 2.05) is 13.8 Å². The number of hydrogen-bond donors (Lipinski definition) is 2. The fraction of sp³-hybridized carbons (Fsp3) is 0.364. The molecule has 1 aliphatic heterocycles. The Morgan fingerprint density at radius 2 is 1.81 bits per heavy atom. The third-order valence-electron chi connectivity index (χ3n) is 5.53. The number of carbonyl (C=O) groups is 2. The van der Waals surface area contributed by atoms with Gasteiger partial charge in [-0.05, 0) is 76.6 Å². The Morgan fingerprint density at radius 1 is 1.16 bits per heavy atom. The van der Waals surface area contributed by atoms with Crippen LogP contribution < -0.4 is 10.6 Å². The number of benzene rings is 1. The summed E-state index contributed by atoms with van der Waals surface area (Å²) < 4.78 is 33.7. The molecule has 3 rings (SSSR count). The normalized spacial score (nSPS) is 20.2. The third-order valence-corrected chi connectivity index (χ3v) is 7.84. The van der Waals surface area contributed by atoms with Gasteiger partial charge in [0.2, 0.25) is 15.9 Å². The minimum absolute atomic E-state index is 0.0975. The van der Waals surface area contributed by atoms with E-state index in [0.29, 0.717) is 12.1 Å². The van der Waals surface area contributed by atoms with E-state index < -0.39 is 27.0 Å². The van der Waals surface area contributed by atoms with E-state index >= 15 is 0 Å². The monoisotopic (exact) mass is 445 g/mol. The highest BCUT2D eigenvalue weighted by Crippen LogP contribution is 2.44. The van der Waals surface area contributed by atoms with Gasteiger partial charge in [0.1, 0.15) is 0 Å². The molecule has 1 fully saturated rings. The van der Waals surface area contributed by atoms with E-state index in [1.54, 1.807) is 19.9 Å². The second-order valence-electron chi connectivity index (χ2n) is 8.66. The number of anilines is 1. The molecule has 0 aliphatic carbocycles. The first-order valence-electron chi connectivity index (χ1n) is 9.83. The van der Waals surface area contributed by atoms with E-state index in [4.69, 9.17) is 4.42 Å². The topological polar surface area (TPSA) is 109 Å². The minimum Gasteiger partial charge on any atom is -0.459 e. The van der Waals surface area contributed by atoms with Gasteiger partial charge in [-0.2, -0.15) is 4.31 Å². The minimum atomic E-state index is -3.89. The summed E-state index contributed by atoms with van der Waals surface area (Å²) in [5, 5.41) is 5.51. The number of nitrogens with one attached hydrogen (secondary N) is 2. The van der Waals surface area contributed by atoms with Crippen molar-refractivity contribution in [3.8, 4) is 0 Å². The Kier molecular flexibility index (Phi) is 5.86. The fourth-order valence-electron chi connectivity index (χ4n) is 4.26. The van der Waals surface area contributed by atoms with Crippen molar-refractivity contribution in [2.45, 2.75) is 56.1 Å².